The number of nitrogens with zero attached hydrogens (tertiary/aromatic N) is 1. The van der Waals surface area contributed by atoms with Crippen LogP contribution in [0.2, 0.25) is 0 Å². The topological polar surface area (TPSA) is 49.4 Å². The number of amides is 2. The van der Waals surface area contributed by atoms with Gasteiger partial charge in [0.1, 0.15) is 0 Å². The maximum Gasteiger partial charge on any atom is 0.265 e. The van der Waals surface area contributed by atoms with E-state index < -0.39 is 0 Å². The summed E-state index contributed by atoms with van der Waals surface area (Å²) in [6, 6.07) is 7.99. The summed E-state index contributed by atoms with van der Waals surface area (Å²) in [7, 11) is 1.74. The molecule has 0 aromatic heterocycles. The number of likely N-dealkylation sites (N-methyl/N-ethyl adjacent to an activating group) is 1. The number of rotatable bonds is 2. The number of fused-ring (bicyclic) bond motifs is 1. The molecule has 0 unspecified atom stereocenters. The fourth-order valence-corrected chi connectivity index (χ4v) is 4.04. The van der Waals surface area contributed by atoms with E-state index in [1.165, 1.54) is 37.1 Å². The lowest BCUT2D eigenvalue weighted by molar-refractivity contribution is -0.118. The van der Waals surface area contributed by atoms with Gasteiger partial charge in [-0.3, -0.25) is 9.59 Å². The van der Waals surface area contributed by atoms with Crippen molar-refractivity contribution in [2.24, 2.45) is 0 Å². The molecule has 1 heterocycles. The molecular formula is C17H20N2O2S. The third-order valence-electron chi connectivity index (χ3n) is 4.18. The average molecular weight is 316 g/mol. The first-order valence-corrected chi connectivity index (χ1v) is 8.54. The second-order valence-corrected chi connectivity index (χ2v) is 6.87. The van der Waals surface area contributed by atoms with Gasteiger partial charge in [0.2, 0.25) is 5.91 Å². The Morgan fingerprint density at radius 1 is 1.27 bits per heavy atom. The lowest BCUT2D eigenvalue weighted by Crippen LogP contribution is -2.36. The lowest BCUT2D eigenvalue weighted by atomic mass is 9.95. The van der Waals surface area contributed by atoms with Crippen LogP contribution in [0.25, 0.3) is 0 Å². The summed E-state index contributed by atoms with van der Waals surface area (Å²) in [5, 5.41) is 3.03. The van der Waals surface area contributed by atoms with Crippen molar-refractivity contribution in [3.05, 3.63) is 35.2 Å². The normalized spacial score (nSPS) is 20.9. The fourth-order valence-electron chi connectivity index (χ4n) is 2.96. The average Bonchev–Trinajstić information content (AvgIpc) is 2.53. The summed E-state index contributed by atoms with van der Waals surface area (Å²) in [5.41, 5.74) is 0.891. The van der Waals surface area contributed by atoms with Gasteiger partial charge >= 0.3 is 0 Å². The molecule has 0 bridgehead atoms. The van der Waals surface area contributed by atoms with Crippen molar-refractivity contribution in [3.63, 3.8) is 0 Å². The number of benzene rings is 1. The van der Waals surface area contributed by atoms with E-state index in [1.54, 1.807) is 11.9 Å². The number of hydrogen-bond acceptors (Lipinski definition) is 3. The highest BCUT2D eigenvalue weighted by molar-refractivity contribution is 8.04. The molecule has 1 aliphatic carbocycles. The van der Waals surface area contributed by atoms with Gasteiger partial charge < -0.3 is 10.2 Å². The summed E-state index contributed by atoms with van der Waals surface area (Å²) in [4.78, 5) is 27.6. The van der Waals surface area contributed by atoms with E-state index in [0.717, 1.165) is 23.4 Å². The van der Waals surface area contributed by atoms with Crippen molar-refractivity contribution in [2.45, 2.75) is 43.0 Å². The third kappa shape index (κ3) is 3.19. The predicted molar refractivity (Wildman–Crippen MR) is 88.8 cm³/mol. The van der Waals surface area contributed by atoms with E-state index in [4.69, 9.17) is 0 Å². The molecule has 2 amide bonds. The monoisotopic (exact) mass is 316 g/mol. The fraction of sp³-hybridized carbons (Fsp3) is 0.412. The summed E-state index contributed by atoms with van der Waals surface area (Å²) in [5.74, 6) is -0.280. The molecular weight excluding hydrogens is 296 g/mol. The van der Waals surface area contributed by atoms with Crippen LogP contribution < -0.4 is 10.2 Å². The Balaban J connectivity index is 1.74. The molecule has 1 aromatic rings. The molecule has 0 spiro atoms. The predicted octanol–water partition coefficient (Wildman–Crippen LogP) is 3.09. The molecule has 116 valence electrons. The Kier molecular flexibility index (Phi) is 4.52. The number of nitrogens with one attached hydrogen (secondary N) is 1. The molecule has 5 heteroatoms. The van der Waals surface area contributed by atoms with Crippen LogP contribution in [0.3, 0.4) is 0 Å². The van der Waals surface area contributed by atoms with Crippen LogP contribution in [0.5, 0.6) is 0 Å². The van der Waals surface area contributed by atoms with Crippen LogP contribution in [-0.4, -0.2) is 24.9 Å². The molecule has 4 nitrogen and oxygen atoms in total. The first-order valence-electron chi connectivity index (χ1n) is 7.72. The number of hydrogen-bond donors (Lipinski definition) is 1. The minimum Gasteiger partial charge on any atom is -0.350 e. The Morgan fingerprint density at radius 3 is 2.77 bits per heavy atom. The zero-order chi connectivity index (χ0) is 15.5. The largest absolute Gasteiger partial charge is 0.350 e. The summed E-state index contributed by atoms with van der Waals surface area (Å²) < 4.78 is 0. The van der Waals surface area contributed by atoms with Gasteiger partial charge in [0.15, 0.2) is 0 Å². The SMILES string of the molecule is CN1C(=O)C(=CC(=O)NC2CCCCC2)Sc2ccccc21. The Labute approximate surface area is 135 Å². The van der Waals surface area contributed by atoms with Crippen LogP contribution >= 0.6 is 11.8 Å². The molecule has 0 atom stereocenters. The van der Waals surface area contributed by atoms with Crippen LogP contribution in [-0.2, 0) is 9.59 Å². The first-order chi connectivity index (χ1) is 10.6. The van der Waals surface area contributed by atoms with Crippen LogP contribution in [0, 0.1) is 0 Å². The van der Waals surface area contributed by atoms with Crippen molar-refractivity contribution in [3.8, 4) is 0 Å². The van der Waals surface area contributed by atoms with Gasteiger partial charge in [0, 0.05) is 24.1 Å². The van der Waals surface area contributed by atoms with E-state index in [0.29, 0.717) is 4.91 Å². The molecule has 1 saturated carbocycles. The first kappa shape index (κ1) is 15.2. The van der Waals surface area contributed by atoms with Gasteiger partial charge in [-0.25, -0.2) is 0 Å². The lowest BCUT2D eigenvalue weighted by Gasteiger charge is -2.27. The maximum atomic E-state index is 12.4. The van der Waals surface area contributed by atoms with Gasteiger partial charge in [-0.1, -0.05) is 43.2 Å². The van der Waals surface area contributed by atoms with E-state index in [-0.39, 0.29) is 17.9 Å². The number of thioether (sulfide) groups is 1. The van der Waals surface area contributed by atoms with Gasteiger partial charge in [0.25, 0.3) is 5.91 Å². The number of carbonyl (C=O) groups is 2. The van der Waals surface area contributed by atoms with Crippen LogP contribution in [0.15, 0.2) is 40.1 Å². The standard InChI is InChI=1S/C17H20N2O2S/c1-19-13-9-5-6-10-14(13)22-15(17(19)21)11-16(20)18-12-7-3-2-4-8-12/h5-6,9-12H,2-4,7-8H2,1H3,(H,18,20). The summed E-state index contributed by atoms with van der Waals surface area (Å²) >= 11 is 1.37. The summed E-state index contributed by atoms with van der Waals surface area (Å²) in [6.45, 7) is 0. The van der Waals surface area contributed by atoms with Crippen molar-refractivity contribution in [1.29, 1.82) is 0 Å². The minimum atomic E-state index is -0.157. The third-order valence-corrected chi connectivity index (χ3v) is 5.25. The second-order valence-electron chi connectivity index (χ2n) is 5.79. The van der Waals surface area contributed by atoms with E-state index in [1.807, 2.05) is 24.3 Å². The van der Waals surface area contributed by atoms with Crippen molar-refractivity contribution in [2.75, 3.05) is 11.9 Å². The van der Waals surface area contributed by atoms with Crippen LogP contribution in [0.1, 0.15) is 32.1 Å². The molecule has 22 heavy (non-hydrogen) atoms. The quantitative estimate of drug-likeness (QED) is 0.853. The van der Waals surface area contributed by atoms with Crippen molar-refractivity contribution < 1.29 is 9.59 Å². The van der Waals surface area contributed by atoms with Gasteiger partial charge in [-0.2, -0.15) is 0 Å². The van der Waals surface area contributed by atoms with E-state index in [9.17, 15) is 9.59 Å². The van der Waals surface area contributed by atoms with Crippen LogP contribution in [0.4, 0.5) is 5.69 Å². The molecule has 0 saturated heterocycles. The Bertz CT molecular complexity index is 621. The summed E-state index contributed by atoms with van der Waals surface area (Å²) in [6.07, 6.45) is 7.13. The molecule has 1 aromatic carbocycles. The number of anilines is 1. The minimum absolute atomic E-state index is 0.123. The highest BCUT2D eigenvalue weighted by Gasteiger charge is 2.27. The Morgan fingerprint density at radius 2 is 2.00 bits per heavy atom. The molecule has 1 fully saturated rings. The second kappa shape index (κ2) is 6.57. The number of carbonyl (C=O) groups excluding carboxylic acids is 2. The smallest absolute Gasteiger partial charge is 0.265 e. The van der Waals surface area contributed by atoms with Gasteiger partial charge in [-0.15, -0.1) is 0 Å². The zero-order valence-corrected chi connectivity index (χ0v) is 13.5. The molecule has 1 N–H and O–H groups in total. The van der Waals surface area contributed by atoms with E-state index in [2.05, 4.69) is 5.32 Å². The Hall–Kier alpha value is -1.75. The maximum absolute atomic E-state index is 12.4. The zero-order valence-electron chi connectivity index (χ0n) is 12.7. The molecule has 1 aliphatic heterocycles. The van der Waals surface area contributed by atoms with Gasteiger partial charge in [-0.05, 0) is 25.0 Å². The van der Waals surface area contributed by atoms with Crippen molar-refractivity contribution in [1.82, 2.24) is 5.32 Å². The highest BCUT2D eigenvalue weighted by Crippen LogP contribution is 2.40. The van der Waals surface area contributed by atoms with Crippen molar-refractivity contribution >= 4 is 29.3 Å². The van der Waals surface area contributed by atoms with E-state index >= 15 is 0 Å². The molecule has 0 radical (unpaired) electrons. The molecule has 2 aliphatic rings. The van der Waals surface area contributed by atoms with Gasteiger partial charge in [0.05, 0.1) is 10.6 Å². The number of para-hydroxylation sites is 1. The highest BCUT2D eigenvalue weighted by atomic mass is 32.2. The molecule has 3 rings (SSSR count).